The van der Waals surface area contributed by atoms with Gasteiger partial charge in [0.15, 0.2) is 0 Å². The number of anilines is 2. The van der Waals surface area contributed by atoms with Gasteiger partial charge in [0, 0.05) is 23.0 Å². The summed E-state index contributed by atoms with van der Waals surface area (Å²) in [6, 6.07) is 14.4. The van der Waals surface area contributed by atoms with E-state index in [9.17, 15) is 0 Å². The summed E-state index contributed by atoms with van der Waals surface area (Å²) in [7, 11) is 0. The maximum Gasteiger partial charge on any atom is 1.00 e. The molecule has 2 aromatic carbocycles. The molecule has 0 N–H and O–H groups in total. The molecule has 0 aromatic heterocycles. The Kier molecular flexibility index (Phi) is 5.08. The zero-order valence-electron chi connectivity index (χ0n) is 18.3. The van der Waals surface area contributed by atoms with E-state index in [1.54, 1.807) is 0 Å². The van der Waals surface area contributed by atoms with Gasteiger partial charge in [-0.15, -0.1) is 11.1 Å². The minimum absolute atomic E-state index is 0. The van der Waals surface area contributed by atoms with Crippen molar-refractivity contribution in [2.24, 2.45) is 5.41 Å². The first-order chi connectivity index (χ1) is 12.6. The van der Waals surface area contributed by atoms with Crippen molar-refractivity contribution in [2.75, 3.05) is 9.80 Å². The summed E-state index contributed by atoms with van der Waals surface area (Å²) in [5.41, 5.74) is 9.43. The standard InChI is InChI=1S/C25H31N2.Ru/c1-16-13-14-20-23(18(16)3)27-19(4)26(21-12-10-9-11-17(21)2)15-22(27)25(7,8)24(20,5)6;/h9-12,14-15,19H,1-8H3;/q-1;+1/t19-;/m1./s1. The molecule has 0 unspecified atom stereocenters. The molecule has 2 nitrogen and oxygen atoms in total. The Hall–Kier alpha value is -1.60. The van der Waals surface area contributed by atoms with Crippen LogP contribution >= 0.6 is 0 Å². The number of aryl methyl sites for hydroxylation is 2. The van der Waals surface area contributed by atoms with Crippen LogP contribution in [-0.2, 0) is 24.9 Å². The Labute approximate surface area is 183 Å². The number of hydrogen-bond donors (Lipinski definition) is 0. The molecule has 0 bridgehead atoms. The molecule has 0 saturated heterocycles. The second-order valence-corrected chi connectivity index (χ2v) is 9.26. The van der Waals surface area contributed by atoms with Gasteiger partial charge in [-0.05, 0) is 30.9 Å². The van der Waals surface area contributed by atoms with Crippen LogP contribution in [0.1, 0.15) is 56.9 Å². The van der Waals surface area contributed by atoms with Gasteiger partial charge < -0.3 is 9.80 Å². The third kappa shape index (κ3) is 2.62. The molecule has 0 saturated carbocycles. The molecule has 149 valence electrons. The molecule has 0 aliphatic carbocycles. The van der Waals surface area contributed by atoms with E-state index >= 15 is 0 Å². The minimum Gasteiger partial charge on any atom is -0.345 e. The smallest absolute Gasteiger partial charge is 0.345 e. The Bertz CT molecular complexity index is 955. The van der Waals surface area contributed by atoms with Gasteiger partial charge in [0.25, 0.3) is 0 Å². The molecule has 0 fully saturated rings. The van der Waals surface area contributed by atoms with Crippen LogP contribution in [0.3, 0.4) is 0 Å². The molecule has 4 rings (SSSR count). The summed E-state index contributed by atoms with van der Waals surface area (Å²) in [6.07, 6.45) is 2.64. The van der Waals surface area contributed by atoms with Gasteiger partial charge in [0.1, 0.15) is 6.17 Å². The van der Waals surface area contributed by atoms with Crippen molar-refractivity contribution in [3.05, 3.63) is 70.5 Å². The average molecular weight is 461 g/mol. The number of fused-ring (bicyclic) bond motifs is 3. The number of benzene rings is 2. The number of para-hydroxylation sites is 1. The van der Waals surface area contributed by atoms with Crippen LogP contribution in [-0.4, -0.2) is 6.17 Å². The van der Waals surface area contributed by atoms with Crippen LogP contribution in [0.25, 0.3) is 0 Å². The van der Waals surface area contributed by atoms with Crippen molar-refractivity contribution in [2.45, 2.75) is 67.0 Å². The van der Waals surface area contributed by atoms with Crippen molar-refractivity contribution in [3.63, 3.8) is 0 Å². The van der Waals surface area contributed by atoms with Crippen molar-refractivity contribution >= 4 is 11.4 Å². The van der Waals surface area contributed by atoms with Crippen LogP contribution in [0, 0.1) is 32.3 Å². The van der Waals surface area contributed by atoms with Gasteiger partial charge in [-0.25, -0.2) is 0 Å². The van der Waals surface area contributed by atoms with E-state index in [4.69, 9.17) is 0 Å². The van der Waals surface area contributed by atoms with Crippen LogP contribution in [0.5, 0.6) is 0 Å². The second kappa shape index (κ2) is 6.73. The fraction of sp³-hybridized carbons (Fsp3) is 0.440. The third-order valence-electron chi connectivity index (χ3n) is 7.41. The van der Waals surface area contributed by atoms with Gasteiger partial charge in [0.2, 0.25) is 0 Å². The molecule has 2 aliphatic rings. The summed E-state index contributed by atoms with van der Waals surface area (Å²) in [4.78, 5) is 5.02. The first kappa shape index (κ1) is 21.1. The molecular formula is C25H31N2Ru. The van der Waals surface area contributed by atoms with E-state index in [2.05, 4.69) is 108 Å². The van der Waals surface area contributed by atoms with E-state index in [1.165, 1.54) is 39.3 Å². The first-order valence-electron chi connectivity index (χ1n) is 9.97. The van der Waals surface area contributed by atoms with Crippen LogP contribution in [0.15, 0.2) is 42.2 Å². The predicted molar refractivity (Wildman–Crippen MR) is 115 cm³/mol. The maximum atomic E-state index is 3.51. The predicted octanol–water partition coefficient (Wildman–Crippen LogP) is 6.24. The van der Waals surface area contributed by atoms with Gasteiger partial charge in [-0.2, -0.15) is 17.7 Å². The molecule has 0 spiro atoms. The van der Waals surface area contributed by atoms with E-state index in [0.717, 1.165) is 0 Å². The number of rotatable bonds is 1. The van der Waals surface area contributed by atoms with E-state index < -0.39 is 0 Å². The summed E-state index contributed by atoms with van der Waals surface area (Å²) >= 11 is 0. The maximum absolute atomic E-state index is 3.51. The molecule has 2 aromatic rings. The third-order valence-corrected chi connectivity index (χ3v) is 7.41. The second-order valence-electron chi connectivity index (χ2n) is 9.26. The summed E-state index contributed by atoms with van der Waals surface area (Å²) < 4.78 is 0. The molecule has 0 amide bonds. The summed E-state index contributed by atoms with van der Waals surface area (Å²) in [5, 5.41) is 0. The van der Waals surface area contributed by atoms with Crippen LogP contribution < -0.4 is 9.80 Å². The Balaban J connectivity index is 0.00000225. The van der Waals surface area contributed by atoms with Crippen molar-refractivity contribution in [1.82, 2.24) is 0 Å². The van der Waals surface area contributed by atoms with Crippen LogP contribution in [0.4, 0.5) is 11.4 Å². The molecule has 1 atom stereocenters. The van der Waals surface area contributed by atoms with Crippen molar-refractivity contribution < 1.29 is 19.5 Å². The van der Waals surface area contributed by atoms with Crippen LogP contribution in [0.2, 0.25) is 0 Å². The average Bonchev–Trinajstić information content (AvgIpc) is 2.94. The fourth-order valence-electron chi connectivity index (χ4n) is 4.70. The fourth-order valence-corrected chi connectivity index (χ4v) is 4.70. The topological polar surface area (TPSA) is 6.48 Å². The molecule has 3 heteroatoms. The molecule has 2 aliphatic heterocycles. The summed E-state index contributed by atoms with van der Waals surface area (Å²) in [6.45, 7) is 18.5. The zero-order chi connectivity index (χ0) is 19.7. The quantitative estimate of drug-likeness (QED) is 0.367. The van der Waals surface area contributed by atoms with Crippen molar-refractivity contribution in [1.29, 1.82) is 0 Å². The van der Waals surface area contributed by atoms with Crippen molar-refractivity contribution in [3.8, 4) is 0 Å². The number of allylic oxidation sites excluding steroid dienone is 1. The largest absolute Gasteiger partial charge is 1.00 e. The zero-order valence-corrected chi connectivity index (χ0v) is 20.0. The molecule has 2 heterocycles. The SMILES string of the molecule is Cc1[c-]cc2c(c1C)N1C(=CN(c3ccccc3C)[C@H]1C)C(C)(C)C2(C)C.[Ru+]. The number of hydrogen-bond acceptors (Lipinski definition) is 2. The Morgan fingerprint density at radius 3 is 2.25 bits per heavy atom. The Morgan fingerprint density at radius 1 is 0.964 bits per heavy atom. The molecule has 1 radical (unpaired) electrons. The first-order valence-corrected chi connectivity index (χ1v) is 9.97. The van der Waals surface area contributed by atoms with Gasteiger partial charge in [0.05, 0.1) is 0 Å². The van der Waals surface area contributed by atoms with E-state index in [-0.39, 0.29) is 36.5 Å². The summed E-state index contributed by atoms with van der Waals surface area (Å²) in [5.74, 6) is 0. The van der Waals surface area contributed by atoms with Gasteiger partial charge >= 0.3 is 19.5 Å². The van der Waals surface area contributed by atoms with E-state index in [1.807, 2.05) is 0 Å². The molecule has 28 heavy (non-hydrogen) atoms. The van der Waals surface area contributed by atoms with Gasteiger partial charge in [-0.1, -0.05) is 65.4 Å². The van der Waals surface area contributed by atoms with Gasteiger partial charge in [-0.3, -0.25) is 0 Å². The Morgan fingerprint density at radius 2 is 1.61 bits per heavy atom. The minimum atomic E-state index is 0. The number of nitrogens with zero attached hydrogens (tertiary/aromatic N) is 2. The molecular weight excluding hydrogens is 429 g/mol. The monoisotopic (exact) mass is 461 g/mol. The normalized spacial score (nSPS) is 21.6. The van der Waals surface area contributed by atoms with E-state index in [0.29, 0.717) is 0 Å².